The molecule has 0 aliphatic carbocycles. The van der Waals surface area contributed by atoms with Crippen molar-refractivity contribution in [1.82, 2.24) is 20.9 Å². The maximum absolute atomic E-state index is 11.8. The van der Waals surface area contributed by atoms with Crippen LogP contribution in [-0.2, 0) is 11.3 Å². The van der Waals surface area contributed by atoms with Gasteiger partial charge in [0, 0.05) is 31.1 Å². The number of halogens is 1. The molecule has 0 spiro atoms. The molecule has 1 amide bonds. The maximum Gasteiger partial charge on any atom is 0.226 e. The molecule has 0 unspecified atom stereocenters. The lowest BCUT2D eigenvalue weighted by Gasteiger charge is -2.18. The van der Waals surface area contributed by atoms with Gasteiger partial charge in [-0.1, -0.05) is 39.0 Å². The first-order chi connectivity index (χ1) is 12.4. The minimum absolute atomic E-state index is 0. The molecule has 0 aliphatic rings. The van der Waals surface area contributed by atoms with Crippen LogP contribution >= 0.6 is 24.0 Å². The summed E-state index contributed by atoms with van der Waals surface area (Å²) in [7, 11) is 1.70. The number of guanidine groups is 1. The molecule has 0 saturated carbocycles. The molecule has 0 fully saturated rings. The molecular weight excluding hydrogens is 457 g/mol. The van der Waals surface area contributed by atoms with Gasteiger partial charge < -0.3 is 20.4 Å². The van der Waals surface area contributed by atoms with Crippen molar-refractivity contribution in [2.75, 3.05) is 20.1 Å². The van der Waals surface area contributed by atoms with E-state index < -0.39 is 0 Å². The Morgan fingerprint density at radius 3 is 2.41 bits per heavy atom. The second-order valence-electron chi connectivity index (χ2n) is 6.87. The summed E-state index contributed by atoms with van der Waals surface area (Å²) in [5, 5.41) is 9.21. The molecule has 1 heterocycles. The number of nitrogens with zero attached hydrogens (tertiary/aromatic N) is 2. The van der Waals surface area contributed by atoms with Crippen LogP contribution in [0.25, 0.3) is 11.5 Å². The quantitative estimate of drug-likeness (QED) is 0.253. The standard InChI is InChI=1S/C19H27N5O2.HI/c1-19(2,3)17(25)21-10-11-22-18(20-4)23-12-15-13-26-16(24-15)14-8-6-5-7-9-14;/h5-9,13H,10-12H2,1-4H3,(H,21,25)(H2,20,22,23);1H. The number of hydrogen-bond acceptors (Lipinski definition) is 4. The molecule has 0 atom stereocenters. The summed E-state index contributed by atoms with van der Waals surface area (Å²) in [6.45, 7) is 7.26. The zero-order valence-corrected chi connectivity index (χ0v) is 18.5. The third-order valence-electron chi connectivity index (χ3n) is 3.62. The van der Waals surface area contributed by atoms with E-state index in [4.69, 9.17) is 4.42 Å². The molecule has 0 bridgehead atoms. The van der Waals surface area contributed by atoms with E-state index in [-0.39, 0.29) is 35.3 Å². The largest absolute Gasteiger partial charge is 0.444 e. The second-order valence-corrected chi connectivity index (χ2v) is 6.87. The predicted molar refractivity (Wildman–Crippen MR) is 118 cm³/mol. The second kappa shape index (κ2) is 10.9. The topological polar surface area (TPSA) is 91.5 Å². The number of oxazole rings is 1. The zero-order chi connectivity index (χ0) is 19.0. The molecule has 1 aromatic carbocycles. The van der Waals surface area contributed by atoms with Gasteiger partial charge in [-0.25, -0.2) is 4.98 Å². The van der Waals surface area contributed by atoms with Crippen LogP contribution in [0.3, 0.4) is 0 Å². The van der Waals surface area contributed by atoms with Gasteiger partial charge in [0.1, 0.15) is 6.26 Å². The number of aromatic nitrogens is 1. The van der Waals surface area contributed by atoms with Crippen LogP contribution in [0.2, 0.25) is 0 Å². The van der Waals surface area contributed by atoms with Crippen LogP contribution in [0.5, 0.6) is 0 Å². The highest BCUT2D eigenvalue weighted by Gasteiger charge is 2.20. The molecule has 27 heavy (non-hydrogen) atoms. The van der Waals surface area contributed by atoms with Crippen molar-refractivity contribution in [3.05, 3.63) is 42.3 Å². The molecule has 0 radical (unpaired) electrons. The Kier molecular flexibility index (Phi) is 9.27. The van der Waals surface area contributed by atoms with E-state index in [1.54, 1.807) is 13.3 Å². The Balaban J connectivity index is 0.00000364. The third-order valence-corrected chi connectivity index (χ3v) is 3.62. The lowest BCUT2D eigenvalue weighted by Crippen LogP contribution is -2.43. The molecule has 0 aliphatic heterocycles. The first kappa shape index (κ1) is 22.9. The smallest absolute Gasteiger partial charge is 0.226 e. The Morgan fingerprint density at radius 1 is 1.11 bits per heavy atom. The Bertz CT molecular complexity index is 738. The summed E-state index contributed by atoms with van der Waals surface area (Å²) in [6.07, 6.45) is 1.63. The first-order valence-electron chi connectivity index (χ1n) is 8.63. The van der Waals surface area contributed by atoms with Gasteiger partial charge in [-0.05, 0) is 12.1 Å². The minimum atomic E-state index is -0.386. The lowest BCUT2D eigenvalue weighted by molar-refractivity contribution is -0.128. The van der Waals surface area contributed by atoms with Gasteiger partial charge in [-0.3, -0.25) is 9.79 Å². The summed E-state index contributed by atoms with van der Waals surface area (Å²) in [4.78, 5) is 20.4. The van der Waals surface area contributed by atoms with Crippen molar-refractivity contribution in [2.45, 2.75) is 27.3 Å². The molecule has 8 heteroatoms. The van der Waals surface area contributed by atoms with Crippen molar-refractivity contribution < 1.29 is 9.21 Å². The average molecular weight is 485 g/mol. The summed E-state index contributed by atoms with van der Waals surface area (Å²) in [5.74, 6) is 1.26. The number of nitrogens with one attached hydrogen (secondary N) is 3. The van der Waals surface area contributed by atoms with Crippen molar-refractivity contribution in [2.24, 2.45) is 10.4 Å². The van der Waals surface area contributed by atoms with E-state index in [1.165, 1.54) is 0 Å². The third kappa shape index (κ3) is 7.58. The van der Waals surface area contributed by atoms with E-state index >= 15 is 0 Å². The summed E-state index contributed by atoms with van der Waals surface area (Å²) >= 11 is 0. The minimum Gasteiger partial charge on any atom is -0.444 e. The fourth-order valence-electron chi connectivity index (χ4n) is 2.12. The number of aliphatic imine (C=N–C) groups is 1. The van der Waals surface area contributed by atoms with E-state index in [0.29, 0.717) is 31.5 Å². The number of benzene rings is 1. The molecule has 2 aromatic rings. The monoisotopic (exact) mass is 485 g/mol. The molecule has 0 saturated heterocycles. The SMILES string of the molecule is CN=C(NCCNC(=O)C(C)(C)C)NCc1coc(-c2ccccc2)n1.I. The van der Waals surface area contributed by atoms with Gasteiger partial charge in [0.25, 0.3) is 0 Å². The highest BCUT2D eigenvalue weighted by atomic mass is 127. The first-order valence-corrected chi connectivity index (χ1v) is 8.63. The predicted octanol–water partition coefficient (Wildman–Crippen LogP) is 2.79. The van der Waals surface area contributed by atoms with Crippen molar-refractivity contribution in [1.29, 1.82) is 0 Å². The van der Waals surface area contributed by atoms with Gasteiger partial charge >= 0.3 is 0 Å². The highest BCUT2D eigenvalue weighted by Crippen LogP contribution is 2.17. The number of hydrogen-bond donors (Lipinski definition) is 3. The summed E-state index contributed by atoms with van der Waals surface area (Å²) in [5.41, 5.74) is 1.34. The number of amides is 1. The van der Waals surface area contributed by atoms with Crippen LogP contribution < -0.4 is 16.0 Å². The molecule has 3 N–H and O–H groups in total. The lowest BCUT2D eigenvalue weighted by atomic mass is 9.96. The van der Waals surface area contributed by atoms with E-state index in [1.807, 2.05) is 51.1 Å². The highest BCUT2D eigenvalue weighted by molar-refractivity contribution is 14.0. The van der Waals surface area contributed by atoms with E-state index in [0.717, 1.165) is 11.3 Å². The van der Waals surface area contributed by atoms with E-state index in [2.05, 4.69) is 25.9 Å². The Morgan fingerprint density at radius 2 is 1.78 bits per heavy atom. The molecular formula is C19H28IN5O2. The van der Waals surface area contributed by atoms with Gasteiger partial charge in [-0.2, -0.15) is 0 Å². The Hall–Kier alpha value is -2.10. The van der Waals surface area contributed by atoms with Crippen LogP contribution in [-0.4, -0.2) is 37.0 Å². The van der Waals surface area contributed by atoms with Crippen LogP contribution in [0.4, 0.5) is 0 Å². The zero-order valence-electron chi connectivity index (χ0n) is 16.2. The normalized spacial score (nSPS) is 11.5. The summed E-state index contributed by atoms with van der Waals surface area (Å²) < 4.78 is 5.51. The molecule has 7 nitrogen and oxygen atoms in total. The van der Waals surface area contributed by atoms with Crippen LogP contribution in [0, 0.1) is 5.41 Å². The number of carbonyl (C=O) groups excluding carboxylic acids is 1. The van der Waals surface area contributed by atoms with Gasteiger partial charge in [0.2, 0.25) is 11.8 Å². The Labute approximate surface area is 177 Å². The molecule has 148 valence electrons. The van der Waals surface area contributed by atoms with Crippen molar-refractivity contribution >= 4 is 35.8 Å². The molecule has 1 aromatic heterocycles. The van der Waals surface area contributed by atoms with Gasteiger partial charge in [0.15, 0.2) is 5.96 Å². The van der Waals surface area contributed by atoms with Crippen molar-refractivity contribution in [3.8, 4) is 11.5 Å². The number of rotatable bonds is 6. The molecule has 2 rings (SSSR count). The maximum atomic E-state index is 11.8. The van der Waals surface area contributed by atoms with Crippen molar-refractivity contribution in [3.63, 3.8) is 0 Å². The van der Waals surface area contributed by atoms with E-state index in [9.17, 15) is 4.79 Å². The number of carbonyl (C=O) groups is 1. The fourth-order valence-corrected chi connectivity index (χ4v) is 2.12. The van der Waals surface area contributed by atoms with Gasteiger partial charge in [-0.15, -0.1) is 24.0 Å². The van der Waals surface area contributed by atoms with Crippen LogP contribution in [0.15, 0.2) is 46.0 Å². The van der Waals surface area contributed by atoms with Crippen LogP contribution in [0.1, 0.15) is 26.5 Å². The summed E-state index contributed by atoms with van der Waals surface area (Å²) in [6, 6.07) is 9.75. The van der Waals surface area contributed by atoms with Gasteiger partial charge in [0.05, 0.1) is 12.2 Å². The average Bonchev–Trinajstić information content (AvgIpc) is 3.10. The fraction of sp³-hybridized carbons (Fsp3) is 0.421.